The summed E-state index contributed by atoms with van der Waals surface area (Å²) >= 11 is 0. The van der Waals surface area contributed by atoms with Crippen molar-refractivity contribution in [3.8, 4) is 0 Å². The van der Waals surface area contributed by atoms with Crippen LogP contribution in [0.15, 0.2) is 0 Å². The van der Waals surface area contributed by atoms with Crippen LogP contribution in [0.3, 0.4) is 0 Å². The average molecular weight is 279 g/mol. The van der Waals surface area contributed by atoms with Crippen molar-refractivity contribution in [2.45, 2.75) is 32.6 Å². The lowest BCUT2D eigenvalue weighted by Crippen LogP contribution is -2.38. The first-order valence-corrected chi connectivity index (χ1v) is 6.78. The number of amides is 1. The fourth-order valence-corrected chi connectivity index (χ4v) is 1.93. The standard InChI is InChI=1S/C13H26N2O2.ClH/c1-3-4-10-17-11-9-14(2)13(16)12-15-7-5-6-8-15;/h3-12H2,1-2H3;1H. The van der Waals surface area contributed by atoms with Crippen LogP contribution >= 0.6 is 12.4 Å². The molecule has 0 spiro atoms. The minimum atomic E-state index is 0. The lowest BCUT2D eigenvalue weighted by atomic mass is 10.4. The van der Waals surface area contributed by atoms with Gasteiger partial charge in [0.15, 0.2) is 0 Å². The molecule has 0 aliphatic carbocycles. The molecule has 0 atom stereocenters. The maximum Gasteiger partial charge on any atom is 0.236 e. The topological polar surface area (TPSA) is 32.8 Å². The van der Waals surface area contributed by atoms with E-state index >= 15 is 0 Å². The van der Waals surface area contributed by atoms with Gasteiger partial charge >= 0.3 is 0 Å². The van der Waals surface area contributed by atoms with E-state index in [4.69, 9.17) is 4.74 Å². The van der Waals surface area contributed by atoms with E-state index < -0.39 is 0 Å². The molecule has 5 heteroatoms. The smallest absolute Gasteiger partial charge is 0.236 e. The number of rotatable bonds is 8. The number of ether oxygens (including phenoxy) is 1. The second kappa shape index (κ2) is 10.6. The molecule has 108 valence electrons. The SMILES string of the molecule is CCCCOCCN(C)C(=O)CN1CCCC1.Cl. The Morgan fingerprint density at radius 3 is 2.56 bits per heavy atom. The van der Waals surface area contributed by atoms with Crippen molar-refractivity contribution in [1.29, 1.82) is 0 Å². The van der Waals surface area contributed by atoms with Crippen molar-refractivity contribution in [3.63, 3.8) is 0 Å². The fraction of sp³-hybridized carbons (Fsp3) is 0.923. The largest absolute Gasteiger partial charge is 0.380 e. The molecule has 1 fully saturated rings. The van der Waals surface area contributed by atoms with Gasteiger partial charge in [-0.15, -0.1) is 12.4 Å². The molecule has 0 unspecified atom stereocenters. The van der Waals surface area contributed by atoms with E-state index in [0.29, 0.717) is 19.7 Å². The molecule has 0 aromatic heterocycles. The van der Waals surface area contributed by atoms with Gasteiger partial charge < -0.3 is 9.64 Å². The quantitative estimate of drug-likeness (QED) is 0.635. The second-order valence-corrected chi connectivity index (χ2v) is 4.76. The van der Waals surface area contributed by atoms with Gasteiger partial charge in [-0.05, 0) is 32.4 Å². The van der Waals surface area contributed by atoms with Gasteiger partial charge in [-0.25, -0.2) is 0 Å². The molecule has 0 N–H and O–H groups in total. The molecule has 18 heavy (non-hydrogen) atoms. The van der Waals surface area contributed by atoms with Crippen LogP contribution in [0.1, 0.15) is 32.6 Å². The van der Waals surface area contributed by atoms with Crippen LogP contribution in [0.25, 0.3) is 0 Å². The Morgan fingerprint density at radius 1 is 1.28 bits per heavy atom. The van der Waals surface area contributed by atoms with E-state index in [9.17, 15) is 4.79 Å². The van der Waals surface area contributed by atoms with Crippen molar-refractivity contribution in [2.24, 2.45) is 0 Å². The number of halogens is 1. The minimum Gasteiger partial charge on any atom is -0.380 e. The summed E-state index contributed by atoms with van der Waals surface area (Å²) in [5, 5.41) is 0. The normalized spacial score (nSPS) is 15.4. The molecule has 1 amide bonds. The van der Waals surface area contributed by atoms with Crippen molar-refractivity contribution in [2.75, 3.05) is 46.4 Å². The summed E-state index contributed by atoms with van der Waals surface area (Å²) in [5.74, 6) is 0.214. The molecule has 0 saturated carbocycles. The van der Waals surface area contributed by atoms with E-state index in [2.05, 4.69) is 11.8 Å². The molecular formula is C13H27ClN2O2. The Morgan fingerprint density at radius 2 is 1.94 bits per heavy atom. The van der Waals surface area contributed by atoms with Gasteiger partial charge in [0.25, 0.3) is 0 Å². The van der Waals surface area contributed by atoms with Gasteiger partial charge in [0.05, 0.1) is 13.2 Å². The Labute approximate surface area is 117 Å². The monoisotopic (exact) mass is 278 g/mol. The number of carbonyl (C=O) groups excluding carboxylic acids is 1. The van der Waals surface area contributed by atoms with Gasteiger partial charge in [0, 0.05) is 20.2 Å². The number of hydrogen-bond acceptors (Lipinski definition) is 3. The predicted molar refractivity (Wildman–Crippen MR) is 76.3 cm³/mol. The summed E-state index contributed by atoms with van der Waals surface area (Å²) in [5.41, 5.74) is 0. The Kier molecular flexibility index (Phi) is 10.4. The number of carbonyl (C=O) groups is 1. The zero-order valence-electron chi connectivity index (χ0n) is 11.7. The molecule has 1 aliphatic heterocycles. The lowest BCUT2D eigenvalue weighted by Gasteiger charge is -2.21. The Bertz CT molecular complexity index is 221. The van der Waals surface area contributed by atoms with Gasteiger partial charge in [-0.2, -0.15) is 0 Å². The van der Waals surface area contributed by atoms with Crippen molar-refractivity contribution < 1.29 is 9.53 Å². The van der Waals surface area contributed by atoms with Crippen LogP contribution in [-0.2, 0) is 9.53 Å². The third kappa shape index (κ3) is 7.19. The number of likely N-dealkylation sites (N-methyl/N-ethyl adjacent to an activating group) is 1. The highest BCUT2D eigenvalue weighted by Crippen LogP contribution is 2.06. The molecule has 1 saturated heterocycles. The minimum absolute atomic E-state index is 0. The van der Waals surface area contributed by atoms with E-state index in [-0.39, 0.29) is 18.3 Å². The average Bonchev–Trinajstić information content (AvgIpc) is 2.81. The van der Waals surface area contributed by atoms with Gasteiger partial charge in [0.1, 0.15) is 0 Å². The van der Waals surface area contributed by atoms with Crippen LogP contribution in [-0.4, -0.2) is 62.1 Å². The molecule has 4 nitrogen and oxygen atoms in total. The first kappa shape index (κ1) is 17.7. The molecular weight excluding hydrogens is 252 g/mol. The maximum absolute atomic E-state index is 11.8. The van der Waals surface area contributed by atoms with Crippen molar-refractivity contribution in [3.05, 3.63) is 0 Å². The molecule has 0 radical (unpaired) electrons. The number of likely N-dealkylation sites (tertiary alicyclic amines) is 1. The van der Waals surface area contributed by atoms with Gasteiger partial charge in [-0.3, -0.25) is 9.69 Å². The molecule has 1 heterocycles. The summed E-state index contributed by atoms with van der Waals surface area (Å²) in [6.07, 6.45) is 4.73. The first-order valence-electron chi connectivity index (χ1n) is 6.78. The number of unbranched alkanes of at least 4 members (excludes halogenated alkanes) is 1. The van der Waals surface area contributed by atoms with Crippen LogP contribution in [0.4, 0.5) is 0 Å². The first-order chi connectivity index (χ1) is 8.24. The predicted octanol–water partition coefficient (Wildman–Crippen LogP) is 1.78. The zero-order chi connectivity index (χ0) is 12.5. The molecule has 0 aromatic rings. The van der Waals surface area contributed by atoms with E-state index in [1.54, 1.807) is 4.90 Å². The van der Waals surface area contributed by atoms with Crippen molar-refractivity contribution in [1.82, 2.24) is 9.80 Å². The number of hydrogen-bond donors (Lipinski definition) is 0. The summed E-state index contributed by atoms with van der Waals surface area (Å²) in [6.45, 7) is 7.04. The van der Waals surface area contributed by atoms with Crippen LogP contribution < -0.4 is 0 Å². The molecule has 1 rings (SSSR count). The molecule has 1 aliphatic rings. The fourth-order valence-electron chi connectivity index (χ4n) is 1.93. The highest BCUT2D eigenvalue weighted by molar-refractivity contribution is 5.85. The van der Waals surface area contributed by atoms with Crippen LogP contribution in [0.5, 0.6) is 0 Å². The summed E-state index contributed by atoms with van der Waals surface area (Å²) in [4.78, 5) is 15.9. The third-order valence-corrected chi connectivity index (χ3v) is 3.20. The summed E-state index contributed by atoms with van der Waals surface area (Å²) < 4.78 is 5.46. The Balaban J connectivity index is 0.00000289. The second-order valence-electron chi connectivity index (χ2n) is 4.76. The lowest BCUT2D eigenvalue weighted by molar-refractivity contribution is -0.131. The van der Waals surface area contributed by atoms with Crippen LogP contribution in [0, 0.1) is 0 Å². The zero-order valence-corrected chi connectivity index (χ0v) is 12.5. The summed E-state index contributed by atoms with van der Waals surface area (Å²) in [6, 6.07) is 0. The van der Waals surface area contributed by atoms with Gasteiger partial charge in [-0.1, -0.05) is 13.3 Å². The highest BCUT2D eigenvalue weighted by atomic mass is 35.5. The van der Waals surface area contributed by atoms with E-state index in [1.807, 2.05) is 7.05 Å². The highest BCUT2D eigenvalue weighted by Gasteiger charge is 2.17. The molecule has 0 bridgehead atoms. The van der Waals surface area contributed by atoms with E-state index in [1.165, 1.54) is 12.8 Å². The summed E-state index contributed by atoms with van der Waals surface area (Å²) in [7, 11) is 1.86. The van der Waals surface area contributed by atoms with Crippen molar-refractivity contribution >= 4 is 18.3 Å². The number of nitrogens with zero attached hydrogens (tertiary/aromatic N) is 2. The molecule has 0 aromatic carbocycles. The maximum atomic E-state index is 11.8. The third-order valence-electron chi connectivity index (χ3n) is 3.20. The van der Waals surface area contributed by atoms with Crippen LogP contribution in [0.2, 0.25) is 0 Å². The van der Waals surface area contributed by atoms with E-state index in [0.717, 1.165) is 32.5 Å². The van der Waals surface area contributed by atoms with Gasteiger partial charge in [0.2, 0.25) is 5.91 Å². The Hall–Kier alpha value is -0.320.